The second-order valence-electron chi connectivity index (χ2n) is 13.3. The van der Waals surface area contributed by atoms with Gasteiger partial charge in [-0.3, -0.25) is 23.5 Å². The van der Waals surface area contributed by atoms with Crippen molar-refractivity contribution in [3.63, 3.8) is 0 Å². The lowest BCUT2D eigenvalue weighted by Gasteiger charge is -2.31. The van der Waals surface area contributed by atoms with Crippen LogP contribution in [-0.2, 0) is 42.4 Å². The predicted octanol–water partition coefficient (Wildman–Crippen LogP) is 0.455. The lowest BCUT2D eigenvalue weighted by Crippen LogP contribution is -2.49. The monoisotopic (exact) mass is 690 g/mol. The van der Waals surface area contributed by atoms with Crippen LogP contribution in [0.25, 0.3) is 11.2 Å². The normalized spacial score (nSPS) is 24.6. The molecule has 1 aliphatic rings. The number of imidazole rings is 1. The van der Waals surface area contributed by atoms with Gasteiger partial charge in [-0.1, -0.05) is 0 Å². The number of aromatic amines is 1. The molecule has 0 aromatic carbocycles. The van der Waals surface area contributed by atoms with Gasteiger partial charge in [0.1, 0.15) is 35.7 Å². The van der Waals surface area contributed by atoms with Crippen molar-refractivity contribution in [3.8, 4) is 0 Å². The number of aliphatic hydroxyl groups is 2. The zero-order valence-corrected chi connectivity index (χ0v) is 29.2. The van der Waals surface area contributed by atoms with Gasteiger partial charge >= 0.3 is 19.6 Å². The van der Waals surface area contributed by atoms with Crippen molar-refractivity contribution in [2.24, 2.45) is 0 Å². The SMILES string of the molecule is COC(=O)C(COC(C)(C)C)NP(=O)(NC(COC(C)(C)C)C(=O)OC)OC[C@H]1O[C@@H](n2cnc3c(=O)[nH]c(C)nc32)C(C)(O)[C@H]1O. The molecule has 18 nitrogen and oxygen atoms in total. The first-order valence-electron chi connectivity index (χ1n) is 14.8. The highest BCUT2D eigenvalue weighted by molar-refractivity contribution is 7.54. The van der Waals surface area contributed by atoms with Crippen molar-refractivity contribution in [1.82, 2.24) is 29.7 Å². The van der Waals surface area contributed by atoms with Crippen LogP contribution in [0.4, 0.5) is 0 Å². The Morgan fingerprint density at radius 2 is 1.60 bits per heavy atom. The maximum atomic E-state index is 14.5. The number of hydrogen-bond donors (Lipinski definition) is 5. The summed E-state index contributed by atoms with van der Waals surface area (Å²) in [5.74, 6) is -1.40. The van der Waals surface area contributed by atoms with Crippen LogP contribution in [0.5, 0.6) is 0 Å². The fourth-order valence-corrected chi connectivity index (χ4v) is 6.31. The Kier molecular flexibility index (Phi) is 12.1. The zero-order chi connectivity index (χ0) is 35.5. The molecule has 2 aromatic rings. The quantitative estimate of drug-likeness (QED) is 0.134. The molecule has 266 valence electrons. The molecule has 0 bridgehead atoms. The van der Waals surface area contributed by atoms with Crippen LogP contribution in [0.15, 0.2) is 11.1 Å². The van der Waals surface area contributed by atoms with E-state index in [0.717, 1.165) is 14.2 Å². The number of nitrogens with one attached hydrogen (secondary N) is 3. The maximum Gasteiger partial charge on any atom is 0.342 e. The Morgan fingerprint density at radius 1 is 1.09 bits per heavy atom. The molecule has 0 radical (unpaired) electrons. The van der Waals surface area contributed by atoms with E-state index in [4.69, 9.17) is 28.2 Å². The van der Waals surface area contributed by atoms with Crippen molar-refractivity contribution in [3.05, 3.63) is 22.5 Å². The molecule has 5 N–H and O–H groups in total. The van der Waals surface area contributed by atoms with Crippen LogP contribution >= 0.6 is 7.67 Å². The number of ether oxygens (including phenoxy) is 5. The minimum absolute atomic E-state index is 0.0141. The van der Waals surface area contributed by atoms with Crippen molar-refractivity contribution in [1.29, 1.82) is 0 Å². The molecule has 6 atom stereocenters. The molecule has 1 aliphatic heterocycles. The first-order chi connectivity index (χ1) is 21.6. The summed E-state index contributed by atoms with van der Waals surface area (Å²) in [4.78, 5) is 48.8. The van der Waals surface area contributed by atoms with E-state index in [-0.39, 0.29) is 30.2 Å². The van der Waals surface area contributed by atoms with Crippen LogP contribution < -0.4 is 15.7 Å². The summed E-state index contributed by atoms with van der Waals surface area (Å²) < 4.78 is 48.8. The van der Waals surface area contributed by atoms with Gasteiger partial charge in [0.05, 0.1) is 51.6 Å². The first kappa shape index (κ1) is 38.6. The number of methoxy groups -OCH3 is 2. The Hall–Kier alpha value is -2.80. The van der Waals surface area contributed by atoms with Crippen LogP contribution in [0.2, 0.25) is 0 Å². The minimum atomic E-state index is -4.49. The third-order valence-electron chi connectivity index (χ3n) is 6.97. The van der Waals surface area contributed by atoms with Gasteiger partial charge in [-0.05, 0) is 55.4 Å². The van der Waals surface area contributed by atoms with Gasteiger partial charge < -0.3 is 43.4 Å². The molecule has 1 fully saturated rings. The molecular formula is C28H47N6O12P. The van der Waals surface area contributed by atoms with Crippen LogP contribution in [0.1, 0.15) is 60.5 Å². The lowest BCUT2D eigenvalue weighted by atomic mass is 9.96. The van der Waals surface area contributed by atoms with Crippen LogP contribution in [-0.4, -0.2) is 117 Å². The molecule has 3 heterocycles. The van der Waals surface area contributed by atoms with E-state index in [9.17, 15) is 29.2 Å². The number of carbonyl (C=O) groups is 2. The molecular weight excluding hydrogens is 643 g/mol. The molecule has 0 saturated carbocycles. The largest absolute Gasteiger partial charge is 0.468 e. The van der Waals surface area contributed by atoms with E-state index < -0.39 is 79.1 Å². The number of aryl methyl sites for hydroxylation is 1. The highest BCUT2D eigenvalue weighted by atomic mass is 31.2. The standard InChI is InChI=1S/C28H47N6O12P/c1-15-30-21-19(22(36)31-15)29-14-34(21)25-28(8,39)20(35)18(46-25)13-45-47(40,32-16(23(37)41-9)11-43-26(2,3)4)33-17(24(38)42-10)12-44-27(5,6)7/h14,16-18,20,25,35,39H,11-13H2,1-10H3,(H,30,31,36)(H2,32,33,40)/t16?,17?,18-,20+,25-,28?,47?/m1/s1. The van der Waals surface area contributed by atoms with E-state index in [0.29, 0.717) is 0 Å². The van der Waals surface area contributed by atoms with Gasteiger partial charge in [0.25, 0.3) is 5.56 Å². The second kappa shape index (κ2) is 14.8. The fourth-order valence-electron chi connectivity index (χ4n) is 4.55. The highest BCUT2D eigenvalue weighted by Gasteiger charge is 2.54. The number of H-pyrrole nitrogens is 1. The van der Waals surface area contributed by atoms with Gasteiger partial charge in [-0.15, -0.1) is 0 Å². The average Bonchev–Trinajstić information content (AvgIpc) is 3.48. The average molecular weight is 691 g/mol. The van der Waals surface area contributed by atoms with E-state index in [1.807, 2.05) is 0 Å². The number of aliphatic hydroxyl groups excluding tert-OH is 1. The summed E-state index contributed by atoms with van der Waals surface area (Å²) in [6.07, 6.45) is -3.02. The first-order valence-corrected chi connectivity index (χ1v) is 16.5. The summed E-state index contributed by atoms with van der Waals surface area (Å²) >= 11 is 0. The Morgan fingerprint density at radius 3 is 2.06 bits per heavy atom. The smallest absolute Gasteiger partial charge is 0.342 e. The predicted molar refractivity (Wildman–Crippen MR) is 166 cm³/mol. The van der Waals surface area contributed by atoms with Crippen molar-refractivity contribution in [2.45, 2.75) is 103 Å². The number of carbonyl (C=O) groups excluding carboxylic acids is 2. The van der Waals surface area contributed by atoms with Crippen molar-refractivity contribution >= 4 is 30.8 Å². The molecule has 0 amide bonds. The van der Waals surface area contributed by atoms with Gasteiger partial charge in [0.15, 0.2) is 17.4 Å². The number of aromatic nitrogens is 4. The van der Waals surface area contributed by atoms with E-state index in [2.05, 4.69) is 25.1 Å². The maximum absolute atomic E-state index is 14.5. The summed E-state index contributed by atoms with van der Waals surface area (Å²) in [5, 5.41) is 27.7. The van der Waals surface area contributed by atoms with Gasteiger partial charge in [-0.25, -0.2) is 20.1 Å². The highest BCUT2D eigenvalue weighted by Crippen LogP contribution is 2.44. The van der Waals surface area contributed by atoms with Crippen LogP contribution in [0, 0.1) is 6.92 Å². The number of fused-ring (bicyclic) bond motifs is 1. The number of esters is 2. The van der Waals surface area contributed by atoms with Crippen LogP contribution in [0.3, 0.4) is 0 Å². The number of nitrogens with zero attached hydrogens (tertiary/aromatic N) is 3. The number of hydrogen-bond acceptors (Lipinski definition) is 14. The minimum Gasteiger partial charge on any atom is -0.468 e. The third-order valence-corrected chi connectivity index (χ3v) is 8.78. The third kappa shape index (κ3) is 9.87. The molecule has 3 unspecified atom stereocenters. The van der Waals surface area contributed by atoms with Crippen molar-refractivity contribution < 1.29 is 52.6 Å². The topological polar surface area (TPSA) is 235 Å². The fraction of sp³-hybridized carbons (Fsp3) is 0.750. The van der Waals surface area contributed by atoms with Crippen molar-refractivity contribution in [2.75, 3.05) is 34.0 Å². The molecule has 2 aromatic heterocycles. The molecule has 0 spiro atoms. The summed E-state index contributed by atoms with van der Waals surface area (Å²) in [6.45, 7) is 12.2. The molecule has 47 heavy (non-hydrogen) atoms. The Balaban J connectivity index is 1.94. The summed E-state index contributed by atoms with van der Waals surface area (Å²) in [6, 6.07) is -2.70. The van der Waals surface area contributed by atoms with E-state index in [1.165, 1.54) is 17.8 Å². The van der Waals surface area contributed by atoms with E-state index in [1.54, 1.807) is 48.5 Å². The van der Waals surface area contributed by atoms with Gasteiger partial charge in [0.2, 0.25) is 0 Å². The molecule has 0 aliphatic carbocycles. The Bertz CT molecular complexity index is 1470. The molecule has 19 heteroatoms. The van der Waals surface area contributed by atoms with Gasteiger partial charge in [0, 0.05) is 0 Å². The zero-order valence-electron chi connectivity index (χ0n) is 28.4. The second-order valence-corrected chi connectivity index (χ2v) is 15.2. The number of rotatable bonds is 14. The lowest BCUT2D eigenvalue weighted by molar-refractivity contribution is -0.146. The summed E-state index contributed by atoms with van der Waals surface area (Å²) in [5.41, 5.74) is -3.79. The van der Waals surface area contributed by atoms with Gasteiger partial charge in [-0.2, -0.15) is 0 Å². The van der Waals surface area contributed by atoms with E-state index >= 15 is 0 Å². The molecule has 1 saturated heterocycles. The summed E-state index contributed by atoms with van der Waals surface area (Å²) in [7, 11) is -2.22. The Labute approximate surface area is 272 Å². The molecule has 3 rings (SSSR count).